The lowest BCUT2D eigenvalue weighted by Gasteiger charge is -2.15. The summed E-state index contributed by atoms with van der Waals surface area (Å²) in [4.78, 5) is 24.5. The van der Waals surface area contributed by atoms with Crippen LogP contribution in [-0.4, -0.2) is 24.1 Å². The molecule has 0 radical (unpaired) electrons. The van der Waals surface area contributed by atoms with E-state index in [4.69, 9.17) is 5.14 Å². The SMILES string of the molecule is C[C@@H](C(=O)Nc1ccc(S(N)(=O)=O)cc1)n1nc2c(cc1=O)CCC2. The monoisotopic (exact) mass is 362 g/mol. The first-order valence-electron chi connectivity index (χ1n) is 7.81. The number of hydrogen-bond acceptors (Lipinski definition) is 5. The summed E-state index contributed by atoms with van der Waals surface area (Å²) >= 11 is 0. The van der Waals surface area contributed by atoms with Crippen molar-refractivity contribution in [1.82, 2.24) is 9.78 Å². The molecule has 0 aliphatic heterocycles. The molecule has 0 spiro atoms. The van der Waals surface area contributed by atoms with E-state index in [1.54, 1.807) is 13.0 Å². The van der Waals surface area contributed by atoms with Crippen LogP contribution in [0, 0.1) is 0 Å². The van der Waals surface area contributed by atoms with Crippen molar-refractivity contribution in [3.8, 4) is 0 Å². The normalized spacial score (nSPS) is 14.8. The molecule has 25 heavy (non-hydrogen) atoms. The number of hydrogen-bond donors (Lipinski definition) is 2. The van der Waals surface area contributed by atoms with Gasteiger partial charge in [-0.25, -0.2) is 18.2 Å². The minimum atomic E-state index is -3.79. The van der Waals surface area contributed by atoms with Gasteiger partial charge in [0.2, 0.25) is 15.9 Å². The Kier molecular flexibility index (Phi) is 4.44. The number of anilines is 1. The van der Waals surface area contributed by atoms with Gasteiger partial charge >= 0.3 is 0 Å². The molecule has 1 atom stereocenters. The zero-order valence-electron chi connectivity index (χ0n) is 13.6. The summed E-state index contributed by atoms with van der Waals surface area (Å²) in [5, 5.41) is 12.0. The number of aromatic nitrogens is 2. The second kappa shape index (κ2) is 6.41. The molecular weight excluding hydrogens is 344 g/mol. The number of sulfonamides is 1. The second-order valence-electron chi connectivity index (χ2n) is 5.99. The summed E-state index contributed by atoms with van der Waals surface area (Å²) in [7, 11) is -3.79. The maximum atomic E-state index is 12.4. The summed E-state index contributed by atoms with van der Waals surface area (Å²) in [5.74, 6) is -0.420. The minimum Gasteiger partial charge on any atom is -0.324 e. The summed E-state index contributed by atoms with van der Waals surface area (Å²) in [5.41, 5.74) is 1.90. The van der Waals surface area contributed by atoms with Crippen molar-refractivity contribution in [1.29, 1.82) is 0 Å². The lowest BCUT2D eigenvalue weighted by atomic mass is 10.2. The van der Waals surface area contributed by atoms with Crippen LogP contribution < -0.4 is 16.0 Å². The molecule has 1 heterocycles. The van der Waals surface area contributed by atoms with Crippen molar-refractivity contribution in [2.75, 3.05) is 5.32 Å². The molecule has 1 amide bonds. The fraction of sp³-hybridized carbons (Fsp3) is 0.312. The Labute approximate surface area is 144 Å². The standard InChI is InChI=1S/C16H18N4O4S/c1-10(20-15(21)9-11-3-2-4-14(11)19-20)16(22)18-12-5-7-13(8-6-12)25(17,23)24/h5-10H,2-4H2,1H3,(H,18,22)(H2,17,23,24)/t10-/m0/s1. The van der Waals surface area contributed by atoms with E-state index in [1.165, 1.54) is 28.9 Å². The van der Waals surface area contributed by atoms with Gasteiger partial charge in [0.25, 0.3) is 5.56 Å². The van der Waals surface area contributed by atoms with E-state index in [-0.39, 0.29) is 10.5 Å². The van der Waals surface area contributed by atoms with Crippen LogP contribution in [-0.2, 0) is 27.7 Å². The van der Waals surface area contributed by atoms with Crippen LogP contribution in [0.1, 0.15) is 30.6 Å². The molecule has 3 rings (SSSR count). The molecule has 1 aliphatic carbocycles. The number of nitrogens with zero attached hydrogens (tertiary/aromatic N) is 2. The molecule has 0 saturated heterocycles. The molecule has 3 N–H and O–H groups in total. The van der Waals surface area contributed by atoms with Crippen molar-refractivity contribution in [2.24, 2.45) is 5.14 Å². The molecule has 132 valence electrons. The number of nitrogens with one attached hydrogen (secondary N) is 1. The topological polar surface area (TPSA) is 124 Å². The average Bonchev–Trinajstić information content (AvgIpc) is 3.00. The number of rotatable bonds is 4. The molecule has 0 unspecified atom stereocenters. The fourth-order valence-electron chi connectivity index (χ4n) is 2.78. The Morgan fingerprint density at radius 2 is 1.96 bits per heavy atom. The van der Waals surface area contributed by atoms with Crippen molar-refractivity contribution in [3.63, 3.8) is 0 Å². The number of primary sulfonamides is 1. The summed E-state index contributed by atoms with van der Waals surface area (Å²) in [6, 6.07) is 6.22. The highest BCUT2D eigenvalue weighted by Crippen LogP contribution is 2.19. The quantitative estimate of drug-likeness (QED) is 0.823. The summed E-state index contributed by atoms with van der Waals surface area (Å²) in [6.07, 6.45) is 2.61. The van der Waals surface area contributed by atoms with E-state index in [0.29, 0.717) is 5.69 Å². The van der Waals surface area contributed by atoms with Crippen molar-refractivity contribution in [2.45, 2.75) is 37.1 Å². The largest absolute Gasteiger partial charge is 0.324 e. The van der Waals surface area contributed by atoms with Gasteiger partial charge in [-0.15, -0.1) is 0 Å². The zero-order chi connectivity index (χ0) is 18.2. The maximum absolute atomic E-state index is 12.4. The van der Waals surface area contributed by atoms with Gasteiger partial charge in [-0.1, -0.05) is 0 Å². The Morgan fingerprint density at radius 3 is 2.60 bits per heavy atom. The first-order valence-corrected chi connectivity index (χ1v) is 9.35. The van der Waals surface area contributed by atoms with E-state index in [1.807, 2.05) is 0 Å². The Hall–Kier alpha value is -2.52. The van der Waals surface area contributed by atoms with Crippen LogP contribution in [0.5, 0.6) is 0 Å². The molecule has 0 saturated carbocycles. The third-order valence-corrected chi connectivity index (χ3v) is 5.11. The van der Waals surface area contributed by atoms with Crippen LogP contribution in [0.4, 0.5) is 5.69 Å². The third kappa shape index (κ3) is 3.62. The number of nitrogens with two attached hydrogens (primary N) is 1. The predicted molar refractivity (Wildman–Crippen MR) is 91.7 cm³/mol. The molecular formula is C16H18N4O4S. The lowest BCUT2D eigenvalue weighted by molar-refractivity contribution is -0.119. The number of amides is 1. The van der Waals surface area contributed by atoms with Gasteiger partial charge < -0.3 is 5.32 Å². The lowest BCUT2D eigenvalue weighted by Crippen LogP contribution is -2.34. The maximum Gasteiger partial charge on any atom is 0.267 e. The van der Waals surface area contributed by atoms with Gasteiger partial charge in [-0.05, 0) is 56.0 Å². The van der Waals surface area contributed by atoms with E-state index < -0.39 is 22.0 Å². The number of benzene rings is 1. The number of fused-ring (bicyclic) bond motifs is 1. The van der Waals surface area contributed by atoms with E-state index in [0.717, 1.165) is 30.5 Å². The Balaban J connectivity index is 1.78. The second-order valence-corrected chi connectivity index (χ2v) is 7.55. The van der Waals surface area contributed by atoms with Crippen LogP contribution >= 0.6 is 0 Å². The van der Waals surface area contributed by atoms with Gasteiger partial charge in [0.15, 0.2) is 0 Å². The zero-order valence-corrected chi connectivity index (χ0v) is 14.4. The summed E-state index contributed by atoms with van der Waals surface area (Å²) in [6.45, 7) is 1.59. The Morgan fingerprint density at radius 1 is 1.28 bits per heavy atom. The summed E-state index contributed by atoms with van der Waals surface area (Å²) < 4.78 is 23.6. The van der Waals surface area contributed by atoms with E-state index in [2.05, 4.69) is 10.4 Å². The van der Waals surface area contributed by atoms with Gasteiger partial charge in [0.05, 0.1) is 10.6 Å². The van der Waals surface area contributed by atoms with E-state index >= 15 is 0 Å². The third-order valence-electron chi connectivity index (χ3n) is 4.18. The van der Waals surface area contributed by atoms with Crippen LogP contribution in [0.2, 0.25) is 0 Å². The Bertz CT molecular complexity index is 980. The number of carbonyl (C=O) groups excluding carboxylic acids is 1. The molecule has 1 aromatic heterocycles. The molecule has 8 nitrogen and oxygen atoms in total. The highest BCUT2D eigenvalue weighted by Gasteiger charge is 2.21. The molecule has 0 fully saturated rings. The highest BCUT2D eigenvalue weighted by molar-refractivity contribution is 7.89. The predicted octanol–water partition coefficient (Wildman–Crippen LogP) is 0.579. The van der Waals surface area contributed by atoms with Crippen molar-refractivity contribution >= 4 is 21.6 Å². The average molecular weight is 362 g/mol. The fourth-order valence-corrected chi connectivity index (χ4v) is 3.29. The van der Waals surface area contributed by atoms with Crippen molar-refractivity contribution in [3.05, 3.63) is 51.9 Å². The van der Waals surface area contributed by atoms with Crippen LogP contribution in [0.15, 0.2) is 40.0 Å². The molecule has 2 aromatic rings. The molecule has 0 bridgehead atoms. The highest BCUT2D eigenvalue weighted by atomic mass is 32.2. The number of aryl methyl sites for hydroxylation is 2. The van der Waals surface area contributed by atoms with Gasteiger partial charge in [-0.2, -0.15) is 5.10 Å². The first kappa shape index (κ1) is 17.3. The first-order chi connectivity index (χ1) is 11.8. The minimum absolute atomic E-state index is 0.0462. The van der Waals surface area contributed by atoms with Gasteiger partial charge in [0.1, 0.15) is 6.04 Å². The van der Waals surface area contributed by atoms with E-state index in [9.17, 15) is 18.0 Å². The van der Waals surface area contributed by atoms with Crippen molar-refractivity contribution < 1.29 is 13.2 Å². The molecule has 9 heteroatoms. The number of carbonyl (C=O) groups is 1. The molecule has 1 aromatic carbocycles. The smallest absolute Gasteiger partial charge is 0.267 e. The van der Waals surface area contributed by atoms with Crippen LogP contribution in [0.3, 0.4) is 0 Å². The molecule has 1 aliphatic rings. The van der Waals surface area contributed by atoms with Crippen LogP contribution in [0.25, 0.3) is 0 Å². The van der Waals surface area contributed by atoms with Gasteiger partial charge in [0, 0.05) is 11.8 Å². The van der Waals surface area contributed by atoms with Gasteiger partial charge in [-0.3, -0.25) is 9.59 Å².